The highest BCUT2D eigenvalue weighted by Gasteiger charge is 2.23. The lowest BCUT2D eigenvalue weighted by Gasteiger charge is -2.13. The van der Waals surface area contributed by atoms with Crippen molar-refractivity contribution in [1.29, 1.82) is 0 Å². The summed E-state index contributed by atoms with van der Waals surface area (Å²) in [5.74, 6) is 0.245. The quantitative estimate of drug-likeness (QED) is 0.122. The van der Waals surface area contributed by atoms with E-state index < -0.39 is 0 Å². The summed E-state index contributed by atoms with van der Waals surface area (Å²) in [6.07, 6.45) is 10.2. The fourth-order valence-electron chi connectivity index (χ4n) is 7.56. The first-order chi connectivity index (χ1) is 31.9. The Morgan fingerprint density at radius 2 is 1.08 bits per heavy atom. The number of aromatic nitrogens is 12. The van der Waals surface area contributed by atoms with Crippen molar-refractivity contribution in [2.75, 3.05) is 19.0 Å². The van der Waals surface area contributed by atoms with Crippen LogP contribution in [0.15, 0.2) is 127 Å². The van der Waals surface area contributed by atoms with E-state index in [2.05, 4.69) is 50.3 Å². The molecule has 0 saturated carbocycles. The van der Waals surface area contributed by atoms with Gasteiger partial charge in [0.15, 0.2) is 11.6 Å². The van der Waals surface area contributed by atoms with E-state index >= 15 is 8.78 Å². The number of fused-ring (bicyclic) bond motifs is 4. The third kappa shape index (κ3) is 7.45. The largest absolute Gasteiger partial charge is 0.376 e. The molecule has 0 fully saturated rings. The van der Waals surface area contributed by atoms with Crippen molar-refractivity contribution in [3.8, 4) is 66.4 Å². The molecule has 65 heavy (non-hydrogen) atoms. The van der Waals surface area contributed by atoms with Gasteiger partial charge in [0.25, 0.3) is 0 Å². The highest BCUT2D eigenvalue weighted by atomic mass is 32.1. The molecule has 0 radical (unpaired) electrons. The summed E-state index contributed by atoms with van der Waals surface area (Å²) in [6.45, 7) is 4.00. The summed E-state index contributed by atoms with van der Waals surface area (Å²) in [4.78, 5) is 37.4. The van der Waals surface area contributed by atoms with Crippen LogP contribution >= 0.6 is 22.7 Å². The van der Waals surface area contributed by atoms with Gasteiger partial charge < -0.3 is 14.9 Å². The molecule has 0 spiro atoms. The number of hydrogen-bond acceptors (Lipinski definition) is 11. The van der Waals surface area contributed by atoms with E-state index in [1.807, 2.05) is 104 Å². The average Bonchev–Trinajstić information content (AvgIpc) is 4.21. The number of benzene rings is 2. The lowest BCUT2D eigenvalue weighted by Crippen LogP contribution is -2.08. The molecule has 10 aromatic heterocycles. The first-order valence-electron chi connectivity index (χ1n) is 20.5. The number of nitrogens with zero attached hydrogens (tertiary/aromatic N) is 9. The van der Waals surface area contributed by atoms with Gasteiger partial charge in [-0.05, 0) is 71.4 Å². The fraction of sp³-hybridized carbons (Fsp3) is 0.0833. The standard InChI is InChI=1S/C24H18FN7S.C22H13FN6S.C2H6/c1-32(2)14-10-13(11-26-12-14)15-5-6-16-19(20(15)25)23(31-30-16)24-28-17-7-8-27-22(21(17)29-24)18-4-3-9-33-18;23-18-13(12-3-1-8-24-11-12)5-6-14-17(18)21(29-28-14)22-26-15-7-9-25-20(19(15)27-22)16-4-2-10-30-16;1-2/h3-12H,1-2H3,(H,28,29)(H,30,31);1-11H,(H,26,27)(H,28,29);1-2H3. The van der Waals surface area contributed by atoms with Gasteiger partial charge >= 0.3 is 0 Å². The Kier molecular flexibility index (Phi) is 10.9. The van der Waals surface area contributed by atoms with Crippen molar-refractivity contribution in [2.24, 2.45) is 0 Å². The van der Waals surface area contributed by atoms with Crippen LogP contribution in [0.1, 0.15) is 13.8 Å². The minimum absolute atomic E-state index is 0.360. The first-order valence-corrected chi connectivity index (χ1v) is 22.3. The SMILES string of the molecule is CC.CN(C)c1cncc(-c2ccc3[nH]nc(-c4nc5c(-c6cccs6)nccc5[nH]4)c3c2F)c1.Fc1c(-c2cccnc2)ccc2[nH]nc(-c3nc4c(-c5cccs5)nccc4[nH]3)c12. The molecule has 0 aliphatic heterocycles. The zero-order valence-corrected chi connectivity index (χ0v) is 36.9. The Labute approximate surface area is 377 Å². The van der Waals surface area contributed by atoms with Crippen LogP contribution in [0, 0.1) is 11.6 Å². The maximum absolute atomic E-state index is 15.9. The van der Waals surface area contributed by atoms with Crippen LogP contribution in [-0.4, -0.2) is 74.4 Å². The molecule has 13 nitrogen and oxygen atoms in total. The molecule has 0 atom stereocenters. The Bertz CT molecular complexity index is 3590. The van der Waals surface area contributed by atoms with Gasteiger partial charge in [0.05, 0.1) is 54.5 Å². The number of rotatable bonds is 7. The fourth-order valence-corrected chi connectivity index (χ4v) is 9.00. The molecule has 0 aliphatic rings. The summed E-state index contributed by atoms with van der Waals surface area (Å²) in [6, 6.07) is 24.3. The van der Waals surface area contributed by atoms with E-state index in [9.17, 15) is 0 Å². The van der Waals surface area contributed by atoms with E-state index in [1.54, 1.807) is 78.1 Å². The number of imidazole rings is 2. The molecule has 4 N–H and O–H groups in total. The molecular formula is C48H37F2N13S2. The van der Waals surface area contributed by atoms with Crippen LogP contribution in [0.2, 0.25) is 0 Å². The van der Waals surface area contributed by atoms with Gasteiger partial charge in [0.1, 0.15) is 45.4 Å². The monoisotopic (exact) mass is 897 g/mol. The van der Waals surface area contributed by atoms with Crippen molar-refractivity contribution in [1.82, 2.24) is 60.3 Å². The Balaban J connectivity index is 0.000000148. The lowest BCUT2D eigenvalue weighted by molar-refractivity contribution is 0.643. The highest BCUT2D eigenvalue weighted by molar-refractivity contribution is 7.13. The number of halogens is 2. The Hall–Kier alpha value is -8.02. The van der Waals surface area contributed by atoms with Crippen molar-refractivity contribution in [2.45, 2.75) is 13.8 Å². The maximum atomic E-state index is 15.9. The Morgan fingerprint density at radius 1 is 0.538 bits per heavy atom. The van der Waals surface area contributed by atoms with Crippen LogP contribution in [0.3, 0.4) is 0 Å². The van der Waals surface area contributed by atoms with Crippen LogP contribution in [0.25, 0.3) is 110 Å². The zero-order chi connectivity index (χ0) is 44.6. The van der Waals surface area contributed by atoms with Gasteiger partial charge in [-0.2, -0.15) is 10.2 Å². The highest BCUT2D eigenvalue weighted by Crippen LogP contribution is 2.38. The third-order valence-electron chi connectivity index (χ3n) is 10.6. The number of nitrogens with one attached hydrogen (secondary N) is 4. The van der Waals surface area contributed by atoms with E-state index in [0.29, 0.717) is 67.1 Å². The smallest absolute Gasteiger partial charge is 0.159 e. The molecule has 0 unspecified atom stereocenters. The van der Waals surface area contributed by atoms with Crippen LogP contribution in [0.4, 0.5) is 14.5 Å². The van der Waals surface area contributed by atoms with Crippen molar-refractivity contribution in [3.63, 3.8) is 0 Å². The molecule has 12 aromatic rings. The molecule has 0 aliphatic carbocycles. The minimum atomic E-state index is -0.369. The van der Waals surface area contributed by atoms with Gasteiger partial charge in [-0.25, -0.2) is 18.7 Å². The molecule has 320 valence electrons. The predicted octanol–water partition coefficient (Wildman–Crippen LogP) is 12.0. The topological polar surface area (TPSA) is 170 Å². The summed E-state index contributed by atoms with van der Waals surface area (Å²) >= 11 is 3.20. The van der Waals surface area contributed by atoms with Gasteiger partial charge in [0, 0.05) is 67.3 Å². The maximum Gasteiger partial charge on any atom is 0.159 e. The van der Waals surface area contributed by atoms with Crippen LogP contribution < -0.4 is 4.90 Å². The molecule has 12 rings (SSSR count). The second-order valence-corrected chi connectivity index (χ2v) is 16.5. The van der Waals surface area contributed by atoms with E-state index in [1.165, 1.54) is 0 Å². The third-order valence-corrected chi connectivity index (χ3v) is 12.4. The van der Waals surface area contributed by atoms with Crippen LogP contribution in [-0.2, 0) is 0 Å². The number of H-pyrrole nitrogens is 4. The zero-order valence-electron chi connectivity index (χ0n) is 35.2. The molecule has 0 bridgehead atoms. The molecule has 17 heteroatoms. The number of aromatic amines is 4. The van der Waals surface area contributed by atoms with Gasteiger partial charge in [0.2, 0.25) is 0 Å². The van der Waals surface area contributed by atoms with Gasteiger partial charge in [-0.15, -0.1) is 22.7 Å². The molecule has 0 amide bonds. The normalized spacial score (nSPS) is 11.2. The Morgan fingerprint density at radius 3 is 1.57 bits per heavy atom. The summed E-state index contributed by atoms with van der Waals surface area (Å²) in [5, 5.41) is 19.4. The van der Waals surface area contributed by atoms with Gasteiger partial charge in [-0.3, -0.25) is 30.1 Å². The minimum Gasteiger partial charge on any atom is -0.376 e. The van der Waals surface area contributed by atoms with Crippen molar-refractivity contribution >= 4 is 72.2 Å². The predicted molar refractivity (Wildman–Crippen MR) is 257 cm³/mol. The molecule has 2 aromatic carbocycles. The number of thiophene rings is 2. The van der Waals surface area contributed by atoms with Gasteiger partial charge in [-0.1, -0.05) is 32.0 Å². The second kappa shape index (κ2) is 17.3. The molecule has 0 saturated heterocycles. The van der Waals surface area contributed by atoms with Crippen molar-refractivity contribution in [3.05, 3.63) is 138 Å². The van der Waals surface area contributed by atoms with E-state index in [0.717, 1.165) is 48.9 Å². The van der Waals surface area contributed by atoms with Crippen LogP contribution in [0.5, 0.6) is 0 Å². The molecule has 10 heterocycles. The molecular weight excluding hydrogens is 861 g/mol. The second-order valence-electron chi connectivity index (χ2n) is 14.6. The number of anilines is 1. The first kappa shape index (κ1) is 41.0. The van der Waals surface area contributed by atoms with Crippen molar-refractivity contribution < 1.29 is 8.78 Å². The van der Waals surface area contributed by atoms with E-state index in [-0.39, 0.29) is 11.6 Å². The average molecular weight is 898 g/mol. The summed E-state index contributed by atoms with van der Waals surface area (Å²) < 4.78 is 31.4. The number of hydrogen-bond donors (Lipinski definition) is 4. The summed E-state index contributed by atoms with van der Waals surface area (Å²) in [5.41, 5.74) is 9.96. The lowest BCUT2D eigenvalue weighted by atomic mass is 10.0. The number of pyridine rings is 4. The summed E-state index contributed by atoms with van der Waals surface area (Å²) in [7, 11) is 3.85. The van der Waals surface area contributed by atoms with E-state index in [4.69, 9.17) is 9.97 Å².